The zero-order valence-electron chi connectivity index (χ0n) is 20.0. The fourth-order valence-corrected chi connectivity index (χ4v) is 4.46. The lowest BCUT2D eigenvalue weighted by atomic mass is 10.00. The zero-order chi connectivity index (χ0) is 24.1. The van der Waals surface area contributed by atoms with Gasteiger partial charge in [0.25, 0.3) is 5.56 Å². The second-order valence-electron chi connectivity index (χ2n) is 9.13. The summed E-state index contributed by atoms with van der Waals surface area (Å²) in [5.41, 5.74) is 3.63. The molecule has 0 radical (unpaired) electrons. The maximum atomic E-state index is 13.0. The van der Waals surface area contributed by atoms with Crippen molar-refractivity contribution in [3.63, 3.8) is 0 Å². The Balaban J connectivity index is 1.69. The Morgan fingerprint density at radius 2 is 1.91 bits per heavy atom. The zero-order valence-corrected chi connectivity index (χ0v) is 20.0. The van der Waals surface area contributed by atoms with Crippen LogP contribution in [0.2, 0.25) is 0 Å². The molecule has 2 aromatic carbocycles. The number of benzene rings is 2. The second kappa shape index (κ2) is 10.7. The van der Waals surface area contributed by atoms with Gasteiger partial charge in [-0.1, -0.05) is 56.3 Å². The van der Waals surface area contributed by atoms with Crippen molar-refractivity contribution in [3.05, 3.63) is 87.5 Å². The van der Waals surface area contributed by atoms with Gasteiger partial charge in [0, 0.05) is 30.8 Å². The largest absolute Gasteiger partial charge is 0.396 e. The smallest absolute Gasteiger partial charge is 0.252 e. The van der Waals surface area contributed by atoms with Gasteiger partial charge in [0.1, 0.15) is 0 Å². The third-order valence-electron chi connectivity index (χ3n) is 6.08. The number of hydrogen-bond donors (Lipinski definition) is 2. The van der Waals surface area contributed by atoms with Crippen molar-refractivity contribution >= 4 is 10.9 Å². The van der Waals surface area contributed by atoms with E-state index in [0.717, 1.165) is 27.9 Å². The van der Waals surface area contributed by atoms with Crippen LogP contribution >= 0.6 is 0 Å². The van der Waals surface area contributed by atoms with Crippen molar-refractivity contribution in [1.29, 1.82) is 0 Å². The van der Waals surface area contributed by atoms with Crippen molar-refractivity contribution in [2.45, 2.75) is 46.3 Å². The summed E-state index contributed by atoms with van der Waals surface area (Å²) in [6.07, 6.45) is 0.591. The standard InChI is InChI=1S/C26H32N6O2/c1-18(2)24(25-28-29-30-32(25)16-20-8-5-4-6-9-20)31(12-7-13-33)17-22-15-21-11-10-19(3)14-23(21)27-26(22)34/h4-6,8-11,14-15,18,24,33H,7,12-13,16-17H2,1-3H3,(H,27,34). The Labute approximate surface area is 199 Å². The lowest BCUT2D eigenvalue weighted by molar-refractivity contribution is 0.122. The molecule has 0 aliphatic rings. The summed E-state index contributed by atoms with van der Waals surface area (Å²) >= 11 is 0. The predicted molar refractivity (Wildman–Crippen MR) is 132 cm³/mol. The number of aliphatic hydroxyl groups excluding tert-OH is 1. The van der Waals surface area contributed by atoms with Gasteiger partial charge in [0.05, 0.1) is 12.6 Å². The first-order valence-electron chi connectivity index (χ1n) is 11.7. The SMILES string of the molecule is Cc1ccc2cc(CN(CCCO)C(c3nnnn3Cc3ccccc3)C(C)C)c(=O)[nH]c2c1. The third-order valence-corrected chi connectivity index (χ3v) is 6.08. The number of fused-ring (bicyclic) bond motifs is 1. The van der Waals surface area contributed by atoms with Gasteiger partial charge in [0.15, 0.2) is 5.82 Å². The first-order valence-corrected chi connectivity index (χ1v) is 11.7. The molecule has 4 rings (SSSR count). The van der Waals surface area contributed by atoms with Crippen LogP contribution in [0.3, 0.4) is 0 Å². The molecule has 8 nitrogen and oxygen atoms in total. The summed E-state index contributed by atoms with van der Waals surface area (Å²) in [7, 11) is 0. The summed E-state index contributed by atoms with van der Waals surface area (Å²) < 4.78 is 1.83. The number of nitrogens with one attached hydrogen (secondary N) is 1. The molecule has 0 aliphatic carbocycles. The number of aromatic amines is 1. The van der Waals surface area contributed by atoms with Gasteiger partial charge >= 0.3 is 0 Å². The Morgan fingerprint density at radius 3 is 2.65 bits per heavy atom. The minimum atomic E-state index is -0.127. The van der Waals surface area contributed by atoms with Crippen LogP contribution in [0, 0.1) is 12.8 Å². The fourth-order valence-electron chi connectivity index (χ4n) is 4.46. The number of pyridine rings is 1. The molecule has 34 heavy (non-hydrogen) atoms. The van der Waals surface area contributed by atoms with Crippen LogP contribution in [-0.2, 0) is 13.1 Å². The number of rotatable bonds is 10. The Hall–Kier alpha value is -3.36. The Morgan fingerprint density at radius 1 is 1.12 bits per heavy atom. The quantitative estimate of drug-likeness (QED) is 0.376. The molecule has 8 heteroatoms. The van der Waals surface area contributed by atoms with Gasteiger partial charge in [-0.25, -0.2) is 4.68 Å². The van der Waals surface area contributed by atoms with Crippen LogP contribution in [0.1, 0.15) is 48.8 Å². The van der Waals surface area contributed by atoms with Crippen LogP contribution < -0.4 is 5.56 Å². The molecule has 0 saturated heterocycles. The summed E-state index contributed by atoms with van der Waals surface area (Å²) in [4.78, 5) is 18.2. The Bertz CT molecular complexity index is 1280. The molecule has 2 N–H and O–H groups in total. The highest BCUT2D eigenvalue weighted by Crippen LogP contribution is 2.29. The molecular weight excluding hydrogens is 428 g/mol. The van der Waals surface area contributed by atoms with Crippen molar-refractivity contribution in [1.82, 2.24) is 30.1 Å². The van der Waals surface area contributed by atoms with Crippen molar-refractivity contribution in [2.24, 2.45) is 5.92 Å². The molecule has 0 fully saturated rings. The van der Waals surface area contributed by atoms with E-state index in [9.17, 15) is 9.90 Å². The summed E-state index contributed by atoms with van der Waals surface area (Å²) in [5, 5.41) is 23.2. The molecular formula is C26H32N6O2. The van der Waals surface area contributed by atoms with Gasteiger partial charge in [-0.15, -0.1) is 5.10 Å². The summed E-state index contributed by atoms with van der Waals surface area (Å²) in [5.74, 6) is 0.936. The van der Waals surface area contributed by atoms with E-state index >= 15 is 0 Å². The minimum Gasteiger partial charge on any atom is -0.396 e. The fraction of sp³-hybridized carbons (Fsp3) is 0.385. The average Bonchev–Trinajstić information content (AvgIpc) is 3.25. The van der Waals surface area contributed by atoms with E-state index in [1.807, 2.05) is 54.1 Å². The van der Waals surface area contributed by atoms with Crippen LogP contribution in [0.5, 0.6) is 0 Å². The first kappa shape index (κ1) is 23.8. The maximum Gasteiger partial charge on any atom is 0.252 e. The molecule has 178 valence electrons. The normalized spacial score (nSPS) is 12.6. The van der Waals surface area contributed by atoms with Gasteiger partial charge in [0.2, 0.25) is 0 Å². The van der Waals surface area contributed by atoms with E-state index in [1.165, 1.54) is 0 Å². The van der Waals surface area contributed by atoms with Gasteiger partial charge < -0.3 is 10.1 Å². The predicted octanol–water partition coefficient (Wildman–Crippen LogP) is 3.45. The highest BCUT2D eigenvalue weighted by molar-refractivity contribution is 5.79. The van der Waals surface area contributed by atoms with Gasteiger partial charge in [-0.05, 0) is 58.3 Å². The van der Waals surface area contributed by atoms with Gasteiger partial charge in [-0.3, -0.25) is 9.69 Å². The lowest BCUT2D eigenvalue weighted by Crippen LogP contribution is -2.36. The molecule has 2 heterocycles. The van der Waals surface area contributed by atoms with Crippen molar-refractivity contribution < 1.29 is 5.11 Å². The second-order valence-corrected chi connectivity index (χ2v) is 9.13. The molecule has 0 spiro atoms. The van der Waals surface area contributed by atoms with E-state index < -0.39 is 0 Å². The number of H-pyrrole nitrogens is 1. The third kappa shape index (κ3) is 5.40. The van der Waals surface area contributed by atoms with E-state index in [1.54, 1.807) is 0 Å². The molecule has 0 bridgehead atoms. The molecule has 0 saturated carbocycles. The molecule has 4 aromatic rings. The molecule has 0 amide bonds. The highest BCUT2D eigenvalue weighted by atomic mass is 16.3. The van der Waals surface area contributed by atoms with Crippen molar-refractivity contribution in [2.75, 3.05) is 13.2 Å². The lowest BCUT2D eigenvalue weighted by Gasteiger charge is -2.33. The minimum absolute atomic E-state index is 0.0730. The van der Waals surface area contributed by atoms with Crippen molar-refractivity contribution in [3.8, 4) is 0 Å². The topological polar surface area (TPSA) is 99.9 Å². The average molecular weight is 461 g/mol. The number of aromatic nitrogens is 5. The molecule has 0 aliphatic heterocycles. The van der Waals surface area contributed by atoms with E-state index in [0.29, 0.717) is 31.6 Å². The monoisotopic (exact) mass is 460 g/mol. The number of aryl methyl sites for hydroxylation is 1. The first-order chi connectivity index (χ1) is 16.5. The molecule has 2 aromatic heterocycles. The van der Waals surface area contributed by atoms with Crippen LogP contribution in [-0.4, -0.2) is 48.3 Å². The summed E-state index contributed by atoms with van der Waals surface area (Å²) in [6, 6.07) is 18.0. The number of hydrogen-bond acceptors (Lipinski definition) is 6. The number of tetrazole rings is 1. The summed E-state index contributed by atoms with van der Waals surface area (Å²) in [6.45, 7) is 7.95. The number of aliphatic hydroxyl groups is 1. The molecule has 1 atom stereocenters. The van der Waals surface area contributed by atoms with E-state index in [4.69, 9.17) is 0 Å². The van der Waals surface area contributed by atoms with Crippen LogP contribution in [0.25, 0.3) is 10.9 Å². The molecule has 1 unspecified atom stereocenters. The van der Waals surface area contributed by atoms with Gasteiger partial charge in [-0.2, -0.15) is 0 Å². The van der Waals surface area contributed by atoms with E-state index in [2.05, 4.69) is 51.4 Å². The van der Waals surface area contributed by atoms with Crippen LogP contribution in [0.15, 0.2) is 59.4 Å². The Kier molecular flexibility index (Phi) is 7.49. The number of nitrogens with zero attached hydrogens (tertiary/aromatic N) is 5. The maximum absolute atomic E-state index is 13.0. The van der Waals surface area contributed by atoms with E-state index in [-0.39, 0.29) is 24.1 Å². The van der Waals surface area contributed by atoms with Crippen LogP contribution in [0.4, 0.5) is 0 Å². The highest BCUT2D eigenvalue weighted by Gasteiger charge is 2.29.